The molecule has 0 aliphatic carbocycles. The Labute approximate surface area is 130 Å². The number of anilines is 1. The summed E-state index contributed by atoms with van der Waals surface area (Å²) in [5, 5.41) is 4.48. The van der Waals surface area contributed by atoms with Crippen LogP contribution in [0.1, 0.15) is 0 Å². The molecule has 112 valence electrons. The molecule has 0 bridgehead atoms. The Kier molecular flexibility index (Phi) is 4.25. The standard InChI is InChI=1S/C17H19N5/c1-22(2)11-10-19-17-14-7-3-4-8-15(14)20-16(21-17)13-6-5-9-18-12-13/h3-9,12H,10-11H2,1-2H3,(H,19,20,21)/p+1. The van der Waals surface area contributed by atoms with Gasteiger partial charge in [-0.1, -0.05) is 12.1 Å². The van der Waals surface area contributed by atoms with Crippen molar-refractivity contribution in [1.82, 2.24) is 15.0 Å². The Morgan fingerprint density at radius 2 is 1.91 bits per heavy atom. The fourth-order valence-corrected chi connectivity index (χ4v) is 2.27. The second-order valence-electron chi connectivity index (χ2n) is 5.54. The van der Waals surface area contributed by atoms with Gasteiger partial charge in [0.2, 0.25) is 0 Å². The molecule has 2 heterocycles. The molecule has 0 atom stereocenters. The van der Waals surface area contributed by atoms with Gasteiger partial charge in [-0.25, -0.2) is 9.97 Å². The molecule has 0 spiro atoms. The SMILES string of the molecule is C[NH+](C)CCNc1nc(-c2cccnc2)nc2ccccc12. The van der Waals surface area contributed by atoms with Gasteiger partial charge in [0, 0.05) is 23.3 Å². The van der Waals surface area contributed by atoms with Crippen LogP contribution in [-0.2, 0) is 0 Å². The lowest BCUT2D eigenvalue weighted by atomic mass is 10.2. The van der Waals surface area contributed by atoms with Gasteiger partial charge in [0.25, 0.3) is 0 Å². The molecular formula is C17H20N5+. The van der Waals surface area contributed by atoms with Gasteiger partial charge in [-0.05, 0) is 24.3 Å². The summed E-state index contributed by atoms with van der Waals surface area (Å²) in [6.07, 6.45) is 3.54. The van der Waals surface area contributed by atoms with E-state index in [1.165, 1.54) is 4.90 Å². The molecule has 2 aromatic heterocycles. The molecule has 1 aromatic carbocycles. The largest absolute Gasteiger partial charge is 0.364 e. The third kappa shape index (κ3) is 3.20. The van der Waals surface area contributed by atoms with Crippen molar-refractivity contribution in [3.63, 3.8) is 0 Å². The maximum absolute atomic E-state index is 4.70. The molecule has 5 nitrogen and oxygen atoms in total. The molecule has 0 fully saturated rings. The molecule has 0 aliphatic heterocycles. The van der Waals surface area contributed by atoms with Crippen molar-refractivity contribution >= 4 is 16.7 Å². The van der Waals surface area contributed by atoms with E-state index >= 15 is 0 Å². The first-order chi connectivity index (χ1) is 10.7. The maximum Gasteiger partial charge on any atom is 0.163 e. The molecule has 0 aliphatic rings. The zero-order valence-corrected chi connectivity index (χ0v) is 12.9. The Hall–Kier alpha value is -2.53. The lowest BCUT2D eigenvalue weighted by Gasteiger charge is -2.12. The molecule has 0 amide bonds. The maximum atomic E-state index is 4.70. The van der Waals surface area contributed by atoms with Crippen LogP contribution in [-0.4, -0.2) is 42.1 Å². The van der Waals surface area contributed by atoms with Gasteiger partial charge in [0.05, 0.1) is 32.7 Å². The van der Waals surface area contributed by atoms with E-state index in [1.54, 1.807) is 12.4 Å². The average Bonchev–Trinajstić information content (AvgIpc) is 2.55. The van der Waals surface area contributed by atoms with Crippen molar-refractivity contribution in [2.75, 3.05) is 32.5 Å². The molecular weight excluding hydrogens is 274 g/mol. The Morgan fingerprint density at radius 3 is 2.68 bits per heavy atom. The molecule has 0 saturated carbocycles. The first kappa shape index (κ1) is 14.4. The number of likely N-dealkylation sites (N-methyl/N-ethyl adjacent to an activating group) is 1. The third-order valence-electron chi connectivity index (χ3n) is 3.44. The molecule has 5 heteroatoms. The highest BCUT2D eigenvalue weighted by atomic mass is 15.1. The van der Waals surface area contributed by atoms with E-state index in [2.05, 4.69) is 29.4 Å². The minimum absolute atomic E-state index is 0.700. The van der Waals surface area contributed by atoms with Crippen molar-refractivity contribution in [2.24, 2.45) is 0 Å². The van der Waals surface area contributed by atoms with Gasteiger partial charge >= 0.3 is 0 Å². The van der Waals surface area contributed by atoms with Crippen molar-refractivity contribution < 1.29 is 4.90 Å². The van der Waals surface area contributed by atoms with Crippen LogP contribution in [0, 0.1) is 0 Å². The predicted octanol–water partition coefficient (Wildman–Crippen LogP) is 1.25. The highest BCUT2D eigenvalue weighted by molar-refractivity contribution is 5.90. The fourth-order valence-electron chi connectivity index (χ4n) is 2.27. The van der Waals surface area contributed by atoms with E-state index in [1.807, 2.05) is 36.4 Å². The summed E-state index contributed by atoms with van der Waals surface area (Å²) in [6.45, 7) is 1.90. The number of hydrogen-bond acceptors (Lipinski definition) is 4. The van der Waals surface area contributed by atoms with Crippen LogP contribution in [0.15, 0.2) is 48.8 Å². The van der Waals surface area contributed by atoms with Gasteiger partial charge in [-0.3, -0.25) is 4.98 Å². The molecule has 0 saturated heterocycles. The van der Waals surface area contributed by atoms with E-state index in [-0.39, 0.29) is 0 Å². The summed E-state index contributed by atoms with van der Waals surface area (Å²) in [4.78, 5) is 14.9. The summed E-state index contributed by atoms with van der Waals surface area (Å²) in [6, 6.07) is 11.9. The number of pyridine rings is 1. The zero-order valence-electron chi connectivity index (χ0n) is 12.9. The van der Waals surface area contributed by atoms with Gasteiger partial charge < -0.3 is 10.2 Å². The van der Waals surface area contributed by atoms with Crippen LogP contribution in [0.2, 0.25) is 0 Å². The van der Waals surface area contributed by atoms with Crippen molar-refractivity contribution in [3.05, 3.63) is 48.8 Å². The van der Waals surface area contributed by atoms with E-state index in [4.69, 9.17) is 4.98 Å². The number of quaternary nitrogens is 1. The van der Waals surface area contributed by atoms with Gasteiger partial charge in [-0.2, -0.15) is 0 Å². The molecule has 0 unspecified atom stereocenters. The smallest absolute Gasteiger partial charge is 0.163 e. The highest BCUT2D eigenvalue weighted by Gasteiger charge is 2.09. The number of para-hydroxylation sites is 1. The van der Waals surface area contributed by atoms with Crippen LogP contribution in [0.4, 0.5) is 5.82 Å². The topological polar surface area (TPSA) is 55.1 Å². The first-order valence-electron chi connectivity index (χ1n) is 7.44. The summed E-state index contributed by atoms with van der Waals surface area (Å²) in [5.74, 6) is 1.58. The minimum Gasteiger partial charge on any atom is -0.364 e. The normalized spacial score (nSPS) is 11.0. The first-order valence-corrected chi connectivity index (χ1v) is 7.44. The van der Waals surface area contributed by atoms with Gasteiger partial charge in [0.1, 0.15) is 5.82 Å². The van der Waals surface area contributed by atoms with Crippen molar-refractivity contribution in [2.45, 2.75) is 0 Å². The second kappa shape index (κ2) is 6.49. The quantitative estimate of drug-likeness (QED) is 0.743. The van der Waals surface area contributed by atoms with Crippen LogP contribution in [0.3, 0.4) is 0 Å². The lowest BCUT2D eigenvalue weighted by Crippen LogP contribution is -3.06. The highest BCUT2D eigenvalue weighted by Crippen LogP contribution is 2.24. The van der Waals surface area contributed by atoms with E-state index in [9.17, 15) is 0 Å². The summed E-state index contributed by atoms with van der Waals surface area (Å²) in [5.41, 5.74) is 1.87. The number of hydrogen-bond donors (Lipinski definition) is 2. The predicted molar refractivity (Wildman–Crippen MR) is 88.9 cm³/mol. The number of nitrogens with zero attached hydrogens (tertiary/aromatic N) is 3. The summed E-state index contributed by atoms with van der Waals surface area (Å²) >= 11 is 0. The van der Waals surface area contributed by atoms with E-state index in [0.29, 0.717) is 5.82 Å². The third-order valence-corrected chi connectivity index (χ3v) is 3.44. The Morgan fingerprint density at radius 1 is 1.05 bits per heavy atom. The van der Waals surface area contributed by atoms with Crippen molar-refractivity contribution in [3.8, 4) is 11.4 Å². The summed E-state index contributed by atoms with van der Waals surface area (Å²) in [7, 11) is 4.28. The lowest BCUT2D eigenvalue weighted by molar-refractivity contribution is -0.856. The number of fused-ring (bicyclic) bond motifs is 1. The van der Waals surface area contributed by atoms with E-state index < -0.39 is 0 Å². The molecule has 0 radical (unpaired) electrons. The monoisotopic (exact) mass is 294 g/mol. The van der Waals surface area contributed by atoms with Crippen LogP contribution >= 0.6 is 0 Å². The molecule has 22 heavy (non-hydrogen) atoms. The Bertz CT molecular complexity index is 755. The van der Waals surface area contributed by atoms with Crippen LogP contribution in [0.25, 0.3) is 22.3 Å². The van der Waals surface area contributed by atoms with E-state index in [0.717, 1.165) is 35.4 Å². The van der Waals surface area contributed by atoms with Gasteiger partial charge in [0.15, 0.2) is 5.82 Å². The minimum atomic E-state index is 0.700. The van der Waals surface area contributed by atoms with Gasteiger partial charge in [-0.15, -0.1) is 0 Å². The average molecular weight is 294 g/mol. The zero-order chi connectivity index (χ0) is 15.4. The molecule has 3 rings (SSSR count). The Balaban J connectivity index is 2.01. The number of benzene rings is 1. The molecule has 2 N–H and O–H groups in total. The molecule has 3 aromatic rings. The van der Waals surface area contributed by atoms with Crippen molar-refractivity contribution in [1.29, 1.82) is 0 Å². The number of nitrogens with one attached hydrogen (secondary N) is 2. The summed E-state index contributed by atoms with van der Waals surface area (Å²) < 4.78 is 0. The number of rotatable bonds is 5. The van der Waals surface area contributed by atoms with Crippen LogP contribution < -0.4 is 10.2 Å². The van der Waals surface area contributed by atoms with Crippen LogP contribution in [0.5, 0.6) is 0 Å². The fraction of sp³-hybridized carbons (Fsp3) is 0.235. The number of aromatic nitrogens is 3. The second-order valence-corrected chi connectivity index (χ2v) is 5.54.